The molecule has 0 unspecified atom stereocenters. The zero-order chi connectivity index (χ0) is 25.3. The average Bonchev–Trinajstić information content (AvgIpc) is 2.86. The number of hydrogen-bond donors (Lipinski definition) is 3. The third-order valence-electron chi connectivity index (χ3n) is 7.37. The predicted octanol–water partition coefficient (Wildman–Crippen LogP) is 3.69. The molecule has 2 aromatic heterocycles. The smallest absolute Gasteiger partial charge is 0.213 e. The normalized spacial score (nSPS) is 18.4. The topological polar surface area (TPSA) is 100 Å². The van der Waals surface area contributed by atoms with E-state index in [0.29, 0.717) is 54.7 Å². The highest BCUT2D eigenvalue weighted by Gasteiger charge is 2.53. The van der Waals surface area contributed by atoms with Crippen LogP contribution in [-0.4, -0.2) is 45.6 Å². The summed E-state index contributed by atoms with van der Waals surface area (Å²) in [6, 6.07) is 15.5. The second kappa shape index (κ2) is 9.64. The Bertz CT molecular complexity index is 1160. The van der Waals surface area contributed by atoms with Crippen molar-refractivity contribution >= 4 is 0 Å². The molecule has 7 nitrogen and oxygen atoms in total. The number of nitrogens with zero attached hydrogens (tertiary/aromatic N) is 3. The van der Waals surface area contributed by atoms with Gasteiger partial charge in [0.15, 0.2) is 0 Å². The predicted molar refractivity (Wildman–Crippen MR) is 135 cm³/mol. The van der Waals surface area contributed by atoms with E-state index in [1.165, 1.54) is 5.56 Å². The largest absolute Gasteiger partial charge is 0.481 e. The molecule has 3 heterocycles. The minimum absolute atomic E-state index is 0.386. The molecule has 1 aliphatic heterocycles. The summed E-state index contributed by atoms with van der Waals surface area (Å²) in [6.45, 7) is 9.55. The average molecular weight is 477 g/mol. The zero-order valence-corrected chi connectivity index (χ0v) is 21.2. The van der Waals surface area contributed by atoms with Crippen LogP contribution in [0.2, 0.25) is 0 Å². The Morgan fingerprint density at radius 1 is 1.09 bits per heavy atom. The summed E-state index contributed by atoms with van der Waals surface area (Å²) in [5.74, 6) is 0.875. The van der Waals surface area contributed by atoms with Crippen molar-refractivity contribution in [3.63, 3.8) is 0 Å². The Morgan fingerprint density at radius 2 is 1.80 bits per heavy atom. The third-order valence-corrected chi connectivity index (χ3v) is 7.37. The summed E-state index contributed by atoms with van der Waals surface area (Å²) in [7, 11) is 1.55. The Morgan fingerprint density at radius 3 is 2.40 bits per heavy atom. The van der Waals surface area contributed by atoms with Crippen molar-refractivity contribution in [2.75, 3.05) is 20.2 Å². The Hall–Kier alpha value is -2.87. The number of aromatic nitrogens is 3. The lowest BCUT2D eigenvalue weighted by molar-refractivity contribution is -0.0771. The van der Waals surface area contributed by atoms with Gasteiger partial charge in [-0.3, -0.25) is 0 Å². The summed E-state index contributed by atoms with van der Waals surface area (Å²) in [6.07, 6.45) is 2.53. The van der Waals surface area contributed by atoms with E-state index in [-0.39, 0.29) is 5.41 Å². The number of nitrogens with one attached hydrogen (secondary N) is 1. The van der Waals surface area contributed by atoms with Crippen LogP contribution in [0, 0.1) is 5.41 Å². The second-order valence-corrected chi connectivity index (χ2v) is 10.4. The molecule has 1 saturated heterocycles. The van der Waals surface area contributed by atoms with E-state index in [9.17, 15) is 10.2 Å². The lowest BCUT2D eigenvalue weighted by atomic mass is 9.63. The number of pyridine rings is 1. The highest BCUT2D eigenvalue weighted by atomic mass is 16.5. The van der Waals surface area contributed by atoms with E-state index < -0.39 is 11.2 Å². The maximum atomic E-state index is 12.3. The Labute approximate surface area is 207 Å². The maximum Gasteiger partial charge on any atom is 0.213 e. The van der Waals surface area contributed by atoms with Gasteiger partial charge in [0, 0.05) is 30.1 Å². The molecular weight excluding hydrogens is 440 g/mol. The number of aliphatic hydroxyl groups is 2. The fourth-order valence-corrected chi connectivity index (χ4v) is 4.79. The molecular formula is C28H36N4O3. The van der Waals surface area contributed by atoms with Gasteiger partial charge in [0.2, 0.25) is 5.88 Å². The summed E-state index contributed by atoms with van der Waals surface area (Å²) < 4.78 is 5.20. The van der Waals surface area contributed by atoms with Crippen LogP contribution in [0.4, 0.5) is 0 Å². The third kappa shape index (κ3) is 4.81. The van der Waals surface area contributed by atoms with Crippen LogP contribution in [0.1, 0.15) is 68.1 Å². The number of benzene rings is 1. The Kier molecular flexibility index (Phi) is 6.95. The van der Waals surface area contributed by atoms with Crippen LogP contribution >= 0.6 is 0 Å². The van der Waals surface area contributed by atoms with Crippen LogP contribution < -0.4 is 10.1 Å². The summed E-state index contributed by atoms with van der Waals surface area (Å²) in [4.78, 5) is 4.39. The van der Waals surface area contributed by atoms with Crippen LogP contribution in [0.25, 0.3) is 0 Å². The molecule has 186 valence electrons. The van der Waals surface area contributed by atoms with Crippen molar-refractivity contribution in [1.82, 2.24) is 20.5 Å². The first-order valence-electron chi connectivity index (χ1n) is 12.2. The molecule has 3 N–H and O–H groups in total. The summed E-state index contributed by atoms with van der Waals surface area (Å²) in [5.41, 5.74) is 1.25. The van der Waals surface area contributed by atoms with Gasteiger partial charge in [-0.2, -0.15) is 10.2 Å². The van der Waals surface area contributed by atoms with E-state index in [0.717, 1.165) is 5.56 Å². The molecule has 1 aromatic carbocycles. The Balaban J connectivity index is 1.63. The van der Waals surface area contributed by atoms with Crippen molar-refractivity contribution in [3.8, 4) is 5.88 Å². The highest BCUT2D eigenvalue weighted by molar-refractivity contribution is 5.41. The minimum Gasteiger partial charge on any atom is -0.481 e. The van der Waals surface area contributed by atoms with Gasteiger partial charge in [-0.15, -0.1) is 0 Å². The molecule has 0 spiro atoms. The van der Waals surface area contributed by atoms with Crippen LogP contribution in [0.3, 0.4) is 0 Å². The lowest BCUT2D eigenvalue weighted by Gasteiger charge is -2.52. The number of hydrogen-bond acceptors (Lipinski definition) is 7. The van der Waals surface area contributed by atoms with Crippen molar-refractivity contribution < 1.29 is 14.9 Å². The fourth-order valence-electron chi connectivity index (χ4n) is 4.79. The van der Waals surface area contributed by atoms with Crippen molar-refractivity contribution in [2.45, 2.75) is 57.7 Å². The van der Waals surface area contributed by atoms with E-state index in [1.807, 2.05) is 24.3 Å². The lowest BCUT2D eigenvalue weighted by Crippen LogP contribution is -2.63. The number of methoxy groups -OCH3 is 1. The van der Waals surface area contributed by atoms with Crippen LogP contribution in [0.15, 0.2) is 54.7 Å². The van der Waals surface area contributed by atoms with Gasteiger partial charge < -0.3 is 20.3 Å². The number of ether oxygens (including phenoxy) is 1. The standard InChI is InChI=1S/C28H36N4O3/c1-19(2)20-9-11-21(12-10-20)28(34,26(3)17-29-18-26)22-15-23(32-30-16-22)13-14-27(4,33)24-7-6-8-25(31-24)35-5/h6-12,15-16,19,29,33-34H,13-14,17-18H2,1-5H3/t27-,28+/m1/s1. The summed E-state index contributed by atoms with van der Waals surface area (Å²) in [5, 5.41) is 35.2. The molecule has 7 heteroatoms. The van der Waals surface area contributed by atoms with Gasteiger partial charge in [0.25, 0.3) is 0 Å². The molecule has 35 heavy (non-hydrogen) atoms. The monoisotopic (exact) mass is 476 g/mol. The molecule has 3 aromatic rings. The molecule has 0 radical (unpaired) electrons. The van der Waals surface area contributed by atoms with Gasteiger partial charge in [0.05, 0.1) is 24.7 Å². The molecule has 2 atom stereocenters. The first kappa shape index (κ1) is 25.2. The first-order valence-corrected chi connectivity index (χ1v) is 12.2. The first-order chi connectivity index (χ1) is 16.6. The van der Waals surface area contributed by atoms with Gasteiger partial charge in [-0.05, 0) is 48.9 Å². The van der Waals surface area contributed by atoms with Gasteiger partial charge >= 0.3 is 0 Å². The fraction of sp³-hybridized carbons (Fsp3) is 0.464. The number of rotatable bonds is 9. The maximum absolute atomic E-state index is 12.3. The molecule has 4 rings (SSSR count). The SMILES string of the molecule is COc1cccc([C@](C)(O)CCc2cc([C@@](O)(c3ccc(C(C)C)cc3)C3(C)CNC3)cnn2)n1. The number of aryl methyl sites for hydroxylation is 1. The van der Waals surface area contributed by atoms with Crippen molar-refractivity contribution in [2.24, 2.45) is 5.41 Å². The van der Waals surface area contributed by atoms with E-state index in [1.54, 1.807) is 32.4 Å². The molecule has 1 fully saturated rings. The van der Waals surface area contributed by atoms with Gasteiger partial charge in [-0.25, -0.2) is 4.98 Å². The molecule has 0 bridgehead atoms. The molecule has 1 aliphatic rings. The van der Waals surface area contributed by atoms with E-state index in [4.69, 9.17) is 4.74 Å². The van der Waals surface area contributed by atoms with E-state index >= 15 is 0 Å². The molecule has 0 saturated carbocycles. The highest BCUT2D eigenvalue weighted by Crippen LogP contribution is 2.47. The quantitative estimate of drug-likeness (QED) is 0.433. The summed E-state index contributed by atoms with van der Waals surface area (Å²) >= 11 is 0. The minimum atomic E-state index is -1.23. The molecule has 0 aliphatic carbocycles. The molecule has 0 amide bonds. The van der Waals surface area contributed by atoms with Crippen LogP contribution in [-0.2, 0) is 17.6 Å². The van der Waals surface area contributed by atoms with E-state index in [2.05, 4.69) is 53.4 Å². The van der Waals surface area contributed by atoms with Crippen molar-refractivity contribution in [3.05, 3.63) is 82.8 Å². The van der Waals surface area contributed by atoms with Gasteiger partial charge in [0.1, 0.15) is 11.2 Å². The van der Waals surface area contributed by atoms with Gasteiger partial charge in [-0.1, -0.05) is 51.1 Å². The second-order valence-electron chi connectivity index (χ2n) is 10.4. The van der Waals surface area contributed by atoms with Crippen molar-refractivity contribution in [1.29, 1.82) is 0 Å². The zero-order valence-electron chi connectivity index (χ0n) is 21.2. The van der Waals surface area contributed by atoms with Crippen LogP contribution in [0.5, 0.6) is 5.88 Å².